The van der Waals surface area contributed by atoms with E-state index in [1.54, 1.807) is 19.9 Å². The molecule has 0 aliphatic heterocycles. The maximum atomic E-state index is 12.2. The molecule has 2 aromatic rings. The SMILES string of the molecule is Cc1noc(C)c1COc1cccn(C(C)C(=O)O)c1=O. The lowest BCUT2D eigenvalue weighted by Crippen LogP contribution is -2.28. The van der Waals surface area contributed by atoms with Crippen LogP contribution < -0.4 is 10.3 Å². The molecule has 7 nitrogen and oxygen atoms in total. The molecule has 0 saturated heterocycles. The van der Waals surface area contributed by atoms with E-state index in [1.807, 2.05) is 0 Å². The molecular formula is C14H16N2O5. The molecule has 112 valence electrons. The summed E-state index contributed by atoms with van der Waals surface area (Å²) in [6, 6.07) is 2.12. The summed E-state index contributed by atoms with van der Waals surface area (Å²) in [6.45, 7) is 5.11. The van der Waals surface area contributed by atoms with Gasteiger partial charge in [0.05, 0.1) is 11.3 Å². The molecule has 0 aromatic carbocycles. The summed E-state index contributed by atoms with van der Waals surface area (Å²) in [5.74, 6) is -0.367. The summed E-state index contributed by atoms with van der Waals surface area (Å²) < 4.78 is 11.6. The Morgan fingerprint density at radius 3 is 2.81 bits per heavy atom. The first kappa shape index (κ1) is 14.8. The van der Waals surface area contributed by atoms with Gasteiger partial charge in [-0.2, -0.15) is 0 Å². The number of hydrogen-bond donors (Lipinski definition) is 1. The molecule has 2 heterocycles. The van der Waals surface area contributed by atoms with Gasteiger partial charge in [-0.05, 0) is 32.9 Å². The third kappa shape index (κ3) is 2.96. The van der Waals surface area contributed by atoms with Gasteiger partial charge in [-0.15, -0.1) is 0 Å². The average molecular weight is 292 g/mol. The highest BCUT2D eigenvalue weighted by Gasteiger charge is 2.17. The van der Waals surface area contributed by atoms with Gasteiger partial charge in [-0.3, -0.25) is 9.36 Å². The highest BCUT2D eigenvalue weighted by molar-refractivity contribution is 5.71. The van der Waals surface area contributed by atoms with Gasteiger partial charge in [0.25, 0.3) is 5.56 Å². The van der Waals surface area contributed by atoms with Crippen molar-refractivity contribution in [2.75, 3.05) is 0 Å². The van der Waals surface area contributed by atoms with Crippen LogP contribution in [0.3, 0.4) is 0 Å². The van der Waals surface area contributed by atoms with Gasteiger partial charge in [0.15, 0.2) is 5.75 Å². The van der Waals surface area contributed by atoms with Crippen molar-refractivity contribution in [2.45, 2.75) is 33.4 Å². The van der Waals surface area contributed by atoms with E-state index in [0.717, 1.165) is 10.1 Å². The van der Waals surface area contributed by atoms with Crippen molar-refractivity contribution in [1.29, 1.82) is 0 Å². The summed E-state index contributed by atoms with van der Waals surface area (Å²) in [6.07, 6.45) is 1.42. The molecule has 1 N–H and O–H groups in total. The van der Waals surface area contributed by atoms with Gasteiger partial charge >= 0.3 is 5.97 Å². The third-order valence-corrected chi connectivity index (χ3v) is 3.27. The molecule has 0 fully saturated rings. The maximum Gasteiger partial charge on any atom is 0.326 e. The molecule has 0 spiro atoms. The standard InChI is InChI=1S/C14H16N2O5/c1-8-11(10(3)21-15-8)7-20-12-5-4-6-16(13(12)17)9(2)14(18)19/h4-6,9H,7H2,1-3H3,(H,18,19). The Labute approximate surface area is 120 Å². The molecule has 2 rings (SSSR count). The van der Waals surface area contributed by atoms with Crippen molar-refractivity contribution in [2.24, 2.45) is 0 Å². The van der Waals surface area contributed by atoms with E-state index in [9.17, 15) is 9.59 Å². The number of rotatable bonds is 5. The largest absolute Gasteiger partial charge is 0.483 e. The molecule has 1 unspecified atom stereocenters. The fourth-order valence-corrected chi connectivity index (χ4v) is 1.88. The number of carbonyl (C=O) groups is 1. The van der Waals surface area contributed by atoms with Gasteiger partial charge < -0.3 is 14.4 Å². The number of aromatic nitrogens is 2. The zero-order valence-corrected chi connectivity index (χ0v) is 12.0. The van der Waals surface area contributed by atoms with Crippen LogP contribution in [0.1, 0.15) is 30.0 Å². The van der Waals surface area contributed by atoms with Crippen molar-refractivity contribution in [3.05, 3.63) is 45.7 Å². The first-order chi connectivity index (χ1) is 9.91. The molecule has 0 saturated carbocycles. The summed E-state index contributed by atoms with van der Waals surface area (Å²) in [5, 5.41) is 12.8. The van der Waals surface area contributed by atoms with Crippen molar-refractivity contribution in [1.82, 2.24) is 9.72 Å². The highest BCUT2D eigenvalue weighted by atomic mass is 16.5. The number of carboxylic acids is 1. The van der Waals surface area contributed by atoms with E-state index in [0.29, 0.717) is 11.5 Å². The normalized spacial score (nSPS) is 12.1. The third-order valence-electron chi connectivity index (χ3n) is 3.27. The van der Waals surface area contributed by atoms with Crippen molar-refractivity contribution < 1.29 is 19.2 Å². The Morgan fingerprint density at radius 2 is 2.24 bits per heavy atom. The number of hydrogen-bond acceptors (Lipinski definition) is 5. The van der Waals surface area contributed by atoms with E-state index in [2.05, 4.69) is 5.16 Å². The fourth-order valence-electron chi connectivity index (χ4n) is 1.88. The van der Waals surface area contributed by atoms with E-state index in [4.69, 9.17) is 14.4 Å². The lowest BCUT2D eigenvalue weighted by molar-refractivity contribution is -0.140. The van der Waals surface area contributed by atoms with E-state index >= 15 is 0 Å². The van der Waals surface area contributed by atoms with E-state index < -0.39 is 17.6 Å². The monoisotopic (exact) mass is 292 g/mol. The van der Waals surface area contributed by atoms with Crippen LogP contribution in [-0.2, 0) is 11.4 Å². The van der Waals surface area contributed by atoms with Crippen LogP contribution in [0.15, 0.2) is 27.6 Å². The van der Waals surface area contributed by atoms with Gasteiger partial charge in [0, 0.05) is 6.20 Å². The van der Waals surface area contributed by atoms with Crippen molar-refractivity contribution in [3.63, 3.8) is 0 Å². The number of pyridine rings is 1. The van der Waals surface area contributed by atoms with Crippen LogP contribution in [-0.4, -0.2) is 20.8 Å². The van der Waals surface area contributed by atoms with E-state index in [1.165, 1.54) is 19.2 Å². The van der Waals surface area contributed by atoms with Crippen LogP contribution in [0.5, 0.6) is 5.75 Å². The molecule has 0 bridgehead atoms. The minimum Gasteiger partial charge on any atom is -0.483 e. The molecule has 1 atom stereocenters. The number of carboxylic acid groups (broad SMARTS) is 1. The Morgan fingerprint density at radius 1 is 1.52 bits per heavy atom. The van der Waals surface area contributed by atoms with Crippen LogP contribution in [0, 0.1) is 13.8 Å². The lowest BCUT2D eigenvalue weighted by Gasteiger charge is -2.12. The quantitative estimate of drug-likeness (QED) is 0.901. The van der Waals surface area contributed by atoms with Gasteiger partial charge in [0.1, 0.15) is 18.4 Å². The van der Waals surface area contributed by atoms with Gasteiger partial charge in [-0.1, -0.05) is 5.16 Å². The van der Waals surface area contributed by atoms with Crippen LogP contribution >= 0.6 is 0 Å². The topological polar surface area (TPSA) is 94.6 Å². The van der Waals surface area contributed by atoms with Crippen molar-refractivity contribution in [3.8, 4) is 5.75 Å². The van der Waals surface area contributed by atoms with E-state index in [-0.39, 0.29) is 12.4 Å². The lowest BCUT2D eigenvalue weighted by atomic mass is 10.2. The van der Waals surface area contributed by atoms with Crippen LogP contribution in [0.4, 0.5) is 0 Å². The molecule has 7 heteroatoms. The molecule has 0 aliphatic carbocycles. The Bertz CT molecular complexity index is 697. The molecule has 0 aliphatic rings. The smallest absolute Gasteiger partial charge is 0.326 e. The Kier molecular flexibility index (Phi) is 4.11. The minimum atomic E-state index is -1.08. The van der Waals surface area contributed by atoms with Crippen molar-refractivity contribution >= 4 is 5.97 Å². The van der Waals surface area contributed by atoms with Gasteiger partial charge in [-0.25, -0.2) is 4.79 Å². The summed E-state index contributed by atoms with van der Waals surface area (Å²) >= 11 is 0. The molecule has 0 radical (unpaired) electrons. The summed E-state index contributed by atoms with van der Waals surface area (Å²) in [7, 11) is 0. The Balaban J connectivity index is 2.24. The molecule has 21 heavy (non-hydrogen) atoms. The van der Waals surface area contributed by atoms with Crippen LogP contribution in [0.2, 0.25) is 0 Å². The predicted molar refractivity (Wildman–Crippen MR) is 73.4 cm³/mol. The second kappa shape index (κ2) is 5.82. The maximum absolute atomic E-state index is 12.2. The molecular weight excluding hydrogens is 276 g/mol. The molecule has 0 amide bonds. The second-order valence-electron chi connectivity index (χ2n) is 4.69. The average Bonchev–Trinajstić information content (AvgIpc) is 2.76. The Hall–Kier alpha value is -2.57. The molecule has 2 aromatic heterocycles. The summed E-state index contributed by atoms with van der Waals surface area (Å²) in [5.41, 5.74) is 0.984. The number of aryl methyl sites for hydroxylation is 2. The van der Waals surface area contributed by atoms with Crippen LogP contribution in [0.25, 0.3) is 0 Å². The summed E-state index contributed by atoms with van der Waals surface area (Å²) in [4.78, 5) is 23.2. The highest BCUT2D eigenvalue weighted by Crippen LogP contribution is 2.15. The number of aliphatic carboxylic acids is 1. The second-order valence-corrected chi connectivity index (χ2v) is 4.69. The van der Waals surface area contributed by atoms with Gasteiger partial charge in [0.2, 0.25) is 0 Å². The zero-order chi connectivity index (χ0) is 15.6. The zero-order valence-electron chi connectivity index (χ0n) is 12.0. The first-order valence-electron chi connectivity index (χ1n) is 6.40. The fraction of sp³-hybridized carbons (Fsp3) is 0.357. The number of nitrogens with zero attached hydrogens (tertiary/aromatic N) is 2. The first-order valence-corrected chi connectivity index (χ1v) is 6.40. The number of ether oxygens (including phenoxy) is 1. The predicted octanol–water partition coefficient (Wildman–Crippen LogP) is 1.68. The minimum absolute atomic E-state index is 0.0885.